The van der Waals surface area contributed by atoms with Gasteiger partial charge in [0.25, 0.3) is 0 Å². The fourth-order valence-electron chi connectivity index (χ4n) is 2.29. The number of ether oxygens (including phenoxy) is 1. The number of rotatable bonds is 4. The molecule has 1 fully saturated rings. The number of carbonyl (C=O) groups excluding carboxylic acids is 1. The number of aryl methyl sites for hydroxylation is 1. The molecule has 0 bridgehead atoms. The zero-order valence-corrected chi connectivity index (χ0v) is 13.2. The summed E-state index contributed by atoms with van der Waals surface area (Å²) >= 11 is 6.04. The smallest absolute Gasteiger partial charge is 0.226 e. The zero-order chi connectivity index (χ0) is 13.8. The highest BCUT2D eigenvalue weighted by Gasteiger charge is 2.18. The van der Waals surface area contributed by atoms with Crippen LogP contribution in [0.1, 0.15) is 24.8 Å². The third kappa shape index (κ3) is 4.27. The van der Waals surface area contributed by atoms with Gasteiger partial charge in [0.2, 0.25) is 5.91 Å². The Morgan fingerprint density at radius 2 is 2.30 bits per heavy atom. The second-order valence-corrected chi connectivity index (χ2v) is 5.25. The molecule has 1 saturated heterocycles. The molecule has 1 amide bonds. The van der Waals surface area contributed by atoms with Crippen molar-refractivity contribution >= 4 is 35.6 Å². The van der Waals surface area contributed by atoms with Crippen molar-refractivity contribution in [2.24, 2.45) is 0 Å². The van der Waals surface area contributed by atoms with E-state index in [0.29, 0.717) is 28.9 Å². The number of amides is 1. The normalized spacial score (nSPS) is 17.4. The van der Waals surface area contributed by atoms with E-state index in [9.17, 15) is 4.79 Å². The summed E-state index contributed by atoms with van der Waals surface area (Å²) in [6.07, 6.45) is 2.69. The Hall–Kier alpha value is -0.970. The van der Waals surface area contributed by atoms with Crippen LogP contribution in [0.15, 0.2) is 12.1 Å². The number of hydrogen-bond donors (Lipinski definition) is 2. The Morgan fingerprint density at radius 1 is 1.55 bits per heavy atom. The highest BCUT2D eigenvalue weighted by Crippen LogP contribution is 2.31. The number of halogens is 2. The molecule has 1 aromatic rings. The minimum atomic E-state index is -0.000535. The van der Waals surface area contributed by atoms with Crippen molar-refractivity contribution in [2.75, 3.05) is 19.0 Å². The first-order valence-corrected chi connectivity index (χ1v) is 6.85. The molecule has 1 aliphatic heterocycles. The summed E-state index contributed by atoms with van der Waals surface area (Å²) < 4.78 is 5.24. The maximum atomic E-state index is 12.0. The summed E-state index contributed by atoms with van der Waals surface area (Å²) in [6.45, 7) is 2.90. The molecule has 1 aromatic carbocycles. The van der Waals surface area contributed by atoms with Crippen molar-refractivity contribution in [1.29, 1.82) is 0 Å². The summed E-state index contributed by atoms with van der Waals surface area (Å²) in [4.78, 5) is 12.0. The van der Waals surface area contributed by atoms with E-state index in [2.05, 4.69) is 10.6 Å². The fraction of sp³-hybridized carbons (Fsp3) is 0.500. The first kappa shape index (κ1) is 17.1. The van der Waals surface area contributed by atoms with Crippen LogP contribution in [0, 0.1) is 6.92 Å². The summed E-state index contributed by atoms with van der Waals surface area (Å²) in [6, 6.07) is 3.85. The van der Waals surface area contributed by atoms with E-state index in [0.717, 1.165) is 24.9 Å². The molecule has 0 radical (unpaired) electrons. The lowest BCUT2D eigenvalue weighted by Gasteiger charge is -2.14. The molecule has 6 heteroatoms. The van der Waals surface area contributed by atoms with E-state index >= 15 is 0 Å². The van der Waals surface area contributed by atoms with Crippen LogP contribution in [-0.2, 0) is 4.79 Å². The van der Waals surface area contributed by atoms with Crippen LogP contribution in [0.2, 0.25) is 5.02 Å². The van der Waals surface area contributed by atoms with Crippen molar-refractivity contribution in [3.8, 4) is 5.75 Å². The third-order valence-corrected chi connectivity index (χ3v) is 3.76. The van der Waals surface area contributed by atoms with Gasteiger partial charge in [-0.25, -0.2) is 0 Å². The molecule has 0 spiro atoms. The highest BCUT2D eigenvalue weighted by atomic mass is 35.5. The van der Waals surface area contributed by atoms with Crippen LogP contribution in [0.4, 0.5) is 5.69 Å². The van der Waals surface area contributed by atoms with Crippen LogP contribution in [0.5, 0.6) is 5.75 Å². The minimum absolute atomic E-state index is 0. The Bertz CT molecular complexity index is 474. The van der Waals surface area contributed by atoms with E-state index in [4.69, 9.17) is 16.3 Å². The molecular formula is C14H20Cl2N2O2. The topological polar surface area (TPSA) is 50.4 Å². The van der Waals surface area contributed by atoms with Crippen LogP contribution in [-0.4, -0.2) is 25.6 Å². The SMILES string of the molecule is COc1cc(Cl)c(C)cc1NC(=O)CC1CCCN1.Cl. The van der Waals surface area contributed by atoms with Gasteiger partial charge in [0.1, 0.15) is 5.75 Å². The van der Waals surface area contributed by atoms with Crippen LogP contribution in [0.25, 0.3) is 0 Å². The van der Waals surface area contributed by atoms with Crippen molar-refractivity contribution < 1.29 is 9.53 Å². The van der Waals surface area contributed by atoms with Crippen molar-refractivity contribution in [2.45, 2.75) is 32.2 Å². The monoisotopic (exact) mass is 318 g/mol. The van der Waals surface area contributed by atoms with Crippen molar-refractivity contribution in [3.05, 3.63) is 22.7 Å². The van der Waals surface area contributed by atoms with E-state index in [-0.39, 0.29) is 18.3 Å². The minimum Gasteiger partial charge on any atom is -0.495 e. The van der Waals surface area contributed by atoms with E-state index in [1.165, 1.54) is 0 Å². The van der Waals surface area contributed by atoms with Crippen LogP contribution in [0.3, 0.4) is 0 Å². The lowest BCUT2D eigenvalue weighted by atomic mass is 10.1. The lowest BCUT2D eigenvalue weighted by Crippen LogP contribution is -2.27. The quantitative estimate of drug-likeness (QED) is 0.896. The van der Waals surface area contributed by atoms with Gasteiger partial charge in [0, 0.05) is 23.6 Å². The number of anilines is 1. The number of hydrogen-bond acceptors (Lipinski definition) is 3. The third-order valence-electron chi connectivity index (χ3n) is 3.35. The van der Waals surface area contributed by atoms with Gasteiger partial charge in [-0.15, -0.1) is 12.4 Å². The number of benzene rings is 1. The molecule has 1 unspecified atom stereocenters. The lowest BCUT2D eigenvalue weighted by molar-refractivity contribution is -0.116. The van der Waals surface area contributed by atoms with Gasteiger partial charge in [-0.1, -0.05) is 11.6 Å². The van der Waals surface area contributed by atoms with Gasteiger partial charge in [0.05, 0.1) is 12.8 Å². The molecule has 4 nitrogen and oxygen atoms in total. The maximum absolute atomic E-state index is 12.0. The Morgan fingerprint density at radius 3 is 2.90 bits per heavy atom. The number of methoxy groups -OCH3 is 1. The van der Waals surface area contributed by atoms with Crippen molar-refractivity contribution in [1.82, 2.24) is 5.32 Å². The molecule has 1 aliphatic rings. The Labute approximate surface area is 130 Å². The largest absolute Gasteiger partial charge is 0.495 e. The molecule has 0 aliphatic carbocycles. The highest BCUT2D eigenvalue weighted by molar-refractivity contribution is 6.31. The maximum Gasteiger partial charge on any atom is 0.226 e. The summed E-state index contributed by atoms with van der Waals surface area (Å²) in [5.74, 6) is 0.586. The predicted molar refractivity (Wildman–Crippen MR) is 84.3 cm³/mol. The first-order valence-electron chi connectivity index (χ1n) is 6.47. The van der Waals surface area contributed by atoms with Gasteiger partial charge in [-0.3, -0.25) is 4.79 Å². The van der Waals surface area contributed by atoms with Gasteiger partial charge in [-0.2, -0.15) is 0 Å². The van der Waals surface area contributed by atoms with E-state index < -0.39 is 0 Å². The molecule has 0 aromatic heterocycles. The van der Waals surface area contributed by atoms with Crippen molar-refractivity contribution in [3.63, 3.8) is 0 Å². The van der Waals surface area contributed by atoms with Crippen LogP contribution < -0.4 is 15.4 Å². The second-order valence-electron chi connectivity index (χ2n) is 4.85. The Balaban J connectivity index is 0.00000200. The molecule has 112 valence electrons. The van der Waals surface area contributed by atoms with E-state index in [1.807, 2.05) is 13.0 Å². The van der Waals surface area contributed by atoms with Gasteiger partial charge in [0.15, 0.2) is 0 Å². The average molecular weight is 319 g/mol. The van der Waals surface area contributed by atoms with E-state index in [1.54, 1.807) is 13.2 Å². The number of nitrogens with one attached hydrogen (secondary N) is 2. The molecule has 2 rings (SSSR count). The first-order chi connectivity index (χ1) is 9.10. The number of carbonyl (C=O) groups is 1. The summed E-state index contributed by atoms with van der Waals surface area (Å²) in [5.41, 5.74) is 1.59. The standard InChI is InChI=1S/C14H19ClN2O2.ClH/c1-9-6-12(13(19-2)8-11(9)15)17-14(18)7-10-4-3-5-16-10;/h6,8,10,16H,3-5,7H2,1-2H3,(H,17,18);1H. The summed E-state index contributed by atoms with van der Waals surface area (Å²) in [7, 11) is 1.56. The molecule has 2 N–H and O–H groups in total. The molecule has 1 atom stereocenters. The summed E-state index contributed by atoms with van der Waals surface area (Å²) in [5, 5.41) is 6.83. The molecule has 1 heterocycles. The zero-order valence-electron chi connectivity index (χ0n) is 11.7. The molecular weight excluding hydrogens is 299 g/mol. The molecule has 20 heavy (non-hydrogen) atoms. The Kier molecular flexibility index (Phi) is 6.59. The fourth-order valence-corrected chi connectivity index (χ4v) is 2.44. The van der Waals surface area contributed by atoms with Gasteiger partial charge in [-0.05, 0) is 37.9 Å². The van der Waals surface area contributed by atoms with Gasteiger partial charge >= 0.3 is 0 Å². The predicted octanol–water partition coefficient (Wildman–Crippen LogP) is 3.16. The average Bonchev–Trinajstić information content (AvgIpc) is 2.86. The molecule has 0 saturated carbocycles. The second kappa shape index (κ2) is 7.72. The van der Waals surface area contributed by atoms with Crippen LogP contribution >= 0.6 is 24.0 Å². The van der Waals surface area contributed by atoms with Gasteiger partial charge < -0.3 is 15.4 Å².